The van der Waals surface area contributed by atoms with Crippen LogP contribution in [-0.4, -0.2) is 54.3 Å². The zero-order chi connectivity index (χ0) is 19.3. The van der Waals surface area contributed by atoms with Gasteiger partial charge in [-0.15, -0.1) is 0 Å². The van der Waals surface area contributed by atoms with Crippen LogP contribution in [0.5, 0.6) is 0 Å². The summed E-state index contributed by atoms with van der Waals surface area (Å²) < 4.78 is 19.1. The lowest BCUT2D eigenvalue weighted by atomic mass is 10.1. The number of β-amino-alcohol motifs (C(OH)–C–C–N with tert-alkyl or cyclic N) is 1. The lowest BCUT2D eigenvalue weighted by Gasteiger charge is -2.36. The third-order valence-corrected chi connectivity index (χ3v) is 5.12. The Kier molecular flexibility index (Phi) is 5.85. The van der Waals surface area contributed by atoms with Gasteiger partial charge in [-0.1, -0.05) is 0 Å². The fraction of sp³-hybridized carbons (Fsp3) is 0.381. The van der Waals surface area contributed by atoms with Crippen molar-refractivity contribution in [3.63, 3.8) is 0 Å². The third kappa shape index (κ3) is 4.32. The number of piperazine rings is 1. The second-order valence-corrected chi connectivity index (χ2v) is 7.04. The van der Waals surface area contributed by atoms with Crippen molar-refractivity contribution in [2.75, 3.05) is 44.2 Å². The normalized spacial score (nSPS) is 15.4. The molecule has 0 unspecified atom stereocenters. The predicted octanol–water partition coefficient (Wildman–Crippen LogP) is 2.37. The maximum absolute atomic E-state index is 13.7. The molecule has 3 heterocycles. The number of benzene rings is 1. The van der Waals surface area contributed by atoms with Crippen molar-refractivity contribution in [3.05, 3.63) is 59.8 Å². The van der Waals surface area contributed by atoms with E-state index in [4.69, 9.17) is 14.5 Å². The Bertz CT molecular complexity index is 908. The molecule has 0 saturated carbocycles. The van der Waals surface area contributed by atoms with Gasteiger partial charge < -0.3 is 19.7 Å². The summed E-state index contributed by atoms with van der Waals surface area (Å²) in [5.41, 5.74) is 1.75. The minimum absolute atomic E-state index is 0.176. The fourth-order valence-corrected chi connectivity index (χ4v) is 3.64. The third-order valence-electron chi connectivity index (χ3n) is 5.12. The van der Waals surface area contributed by atoms with Gasteiger partial charge in [0.1, 0.15) is 17.4 Å². The molecule has 0 amide bonds. The van der Waals surface area contributed by atoms with E-state index in [0.717, 1.165) is 48.7 Å². The minimum Gasteiger partial charge on any atom is -0.468 e. The standard InChI is InChI=1S/C21H25FN4O2/c22-18-4-3-16-12-17(14-23-15-19-2-1-11-28-19)21(24-20(16)13-18)26-7-5-25(6-8-26)9-10-27/h1-4,11-13,23,27H,5-10,14-15H2. The molecular weight excluding hydrogens is 359 g/mol. The Labute approximate surface area is 163 Å². The molecule has 4 rings (SSSR count). The first kappa shape index (κ1) is 18.9. The summed E-state index contributed by atoms with van der Waals surface area (Å²) in [6.07, 6.45) is 1.67. The van der Waals surface area contributed by atoms with E-state index in [1.165, 1.54) is 12.1 Å². The Balaban J connectivity index is 1.56. The molecule has 1 fully saturated rings. The van der Waals surface area contributed by atoms with Crippen LogP contribution in [0.25, 0.3) is 10.9 Å². The number of furan rings is 1. The van der Waals surface area contributed by atoms with Crippen LogP contribution < -0.4 is 10.2 Å². The van der Waals surface area contributed by atoms with Crippen LogP contribution in [-0.2, 0) is 13.1 Å². The van der Waals surface area contributed by atoms with Gasteiger partial charge in [0, 0.05) is 56.3 Å². The molecule has 1 aliphatic rings. The molecule has 0 spiro atoms. The van der Waals surface area contributed by atoms with E-state index >= 15 is 0 Å². The number of aliphatic hydroxyl groups excluding tert-OH is 1. The number of hydrogen-bond donors (Lipinski definition) is 2. The van der Waals surface area contributed by atoms with E-state index in [-0.39, 0.29) is 12.4 Å². The maximum atomic E-state index is 13.7. The molecule has 3 aromatic rings. The van der Waals surface area contributed by atoms with Crippen molar-refractivity contribution in [2.24, 2.45) is 0 Å². The van der Waals surface area contributed by atoms with Gasteiger partial charge in [-0.05, 0) is 30.3 Å². The first-order valence-corrected chi connectivity index (χ1v) is 9.63. The molecule has 1 aliphatic heterocycles. The summed E-state index contributed by atoms with van der Waals surface area (Å²) in [5.74, 6) is 1.51. The van der Waals surface area contributed by atoms with Crippen LogP contribution in [0, 0.1) is 5.82 Å². The maximum Gasteiger partial charge on any atom is 0.133 e. The van der Waals surface area contributed by atoms with Gasteiger partial charge in [0.2, 0.25) is 0 Å². The smallest absolute Gasteiger partial charge is 0.133 e. The number of nitrogens with zero attached hydrogens (tertiary/aromatic N) is 3. The van der Waals surface area contributed by atoms with E-state index < -0.39 is 0 Å². The van der Waals surface area contributed by atoms with Crippen LogP contribution >= 0.6 is 0 Å². The number of halogens is 1. The van der Waals surface area contributed by atoms with Gasteiger partial charge in [0.25, 0.3) is 0 Å². The average Bonchev–Trinajstić information content (AvgIpc) is 3.22. The van der Waals surface area contributed by atoms with Gasteiger partial charge in [0.05, 0.1) is 24.9 Å². The highest BCUT2D eigenvalue weighted by molar-refractivity contribution is 5.82. The van der Waals surface area contributed by atoms with Gasteiger partial charge in [-0.2, -0.15) is 0 Å². The second-order valence-electron chi connectivity index (χ2n) is 7.04. The van der Waals surface area contributed by atoms with Gasteiger partial charge in [0.15, 0.2) is 0 Å². The van der Waals surface area contributed by atoms with Crippen molar-refractivity contribution in [2.45, 2.75) is 13.1 Å². The average molecular weight is 384 g/mol. The van der Waals surface area contributed by atoms with E-state index in [2.05, 4.69) is 21.2 Å². The van der Waals surface area contributed by atoms with Crippen molar-refractivity contribution in [1.29, 1.82) is 0 Å². The van der Waals surface area contributed by atoms with E-state index in [1.807, 2.05) is 12.1 Å². The topological polar surface area (TPSA) is 64.8 Å². The van der Waals surface area contributed by atoms with Crippen LogP contribution in [0.2, 0.25) is 0 Å². The van der Waals surface area contributed by atoms with Crippen molar-refractivity contribution < 1.29 is 13.9 Å². The number of nitrogens with one attached hydrogen (secondary N) is 1. The van der Waals surface area contributed by atoms with E-state index in [1.54, 1.807) is 12.3 Å². The zero-order valence-corrected chi connectivity index (χ0v) is 15.8. The second kappa shape index (κ2) is 8.68. The van der Waals surface area contributed by atoms with E-state index in [0.29, 0.717) is 25.2 Å². The summed E-state index contributed by atoms with van der Waals surface area (Å²) in [4.78, 5) is 9.30. The molecule has 0 radical (unpaired) electrons. The predicted molar refractivity (Wildman–Crippen MR) is 107 cm³/mol. The summed E-state index contributed by atoms with van der Waals surface area (Å²) in [7, 11) is 0. The summed E-state index contributed by atoms with van der Waals surface area (Å²) >= 11 is 0. The molecule has 1 aromatic carbocycles. The lowest BCUT2D eigenvalue weighted by Crippen LogP contribution is -2.47. The van der Waals surface area contributed by atoms with Crippen molar-refractivity contribution in [1.82, 2.24) is 15.2 Å². The van der Waals surface area contributed by atoms with Gasteiger partial charge in [-0.25, -0.2) is 9.37 Å². The zero-order valence-electron chi connectivity index (χ0n) is 15.8. The van der Waals surface area contributed by atoms with Crippen molar-refractivity contribution in [3.8, 4) is 0 Å². The molecular formula is C21H25FN4O2. The number of hydrogen-bond acceptors (Lipinski definition) is 6. The molecule has 28 heavy (non-hydrogen) atoms. The Morgan fingerprint density at radius 3 is 2.71 bits per heavy atom. The van der Waals surface area contributed by atoms with Crippen molar-refractivity contribution >= 4 is 16.7 Å². The first-order valence-electron chi connectivity index (χ1n) is 9.63. The molecule has 0 aliphatic carbocycles. The number of anilines is 1. The highest BCUT2D eigenvalue weighted by Crippen LogP contribution is 2.25. The van der Waals surface area contributed by atoms with Crippen LogP contribution in [0.3, 0.4) is 0 Å². The first-order chi connectivity index (χ1) is 13.7. The number of pyridine rings is 1. The molecule has 2 aromatic heterocycles. The monoisotopic (exact) mass is 384 g/mol. The van der Waals surface area contributed by atoms with Gasteiger partial charge >= 0.3 is 0 Å². The quantitative estimate of drug-likeness (QED) is 0.652. The summed E-state index contributed by atoms with van der Waals surface area (Å²) in [5, 5.41) is 13.5. The highest BCUT2D eigenvalue weighted by atomic mass is 19.1. The number of fused-ring (bicyclic) bond motifs is 1. The Morgan fingerprint density at radius 1 is 1.11 bits per heavy atom. The molecule has 7 heteroatoms. The number of rotatable bonds is 7. The molecule has 6 nitrogen and oxygen atoms in total. The van der Waals surface area contributed by atoms with E-state index in [9.17, 15) is 4.39 Å². The van der Waals surface area contributed by atoms with Crippen LogP contribution in [0.1, 0.15) is 11.3 Å². The molecule has 1 saturated heterocycles. The Hall–Kier alpha value is -2.48. The number of aliphatic hydroxyl groups is 1. The molecule has 2 N–H and O–H groups in total. The SMILES string of the molecule is OCCN1CCN(c2nc3cc(F)ccc3cc2CNCc2ccco2)CC1. The lowest BCUT2D eigenvalue weighted by molar-refractivity contribution is 0.188. The molecule has 148 valence electrons. The fourth-order valence-electron chi connectivity index (χ4n) is 3.64. The van der Waals surface area contributed by atoms with Gasteiger partial charge in [-0.3, -0.25) is 4.90 Å². The molecule has 0 bridgehead atoms. The summed E-state index contributed by atoms with van der Waals surface area (Å²) in [6, 6.07) is 10.6. The van der Waals surface area contributed by atoms with Crippen LogP contribution in [0.4, 0.5) is 10.2 Å². The number of aromatic nitrogens is 1. The largest absolute Gasteiger partial charge is 0.468 e. The molecule has 0 atom stereocenters. The van der Waals surface area contributed by atoms with Crippen LogP contribution in [0.15, 0.2) is 47.1 Å². The minimum atomic E-state index is -0.276. The summed E-state index contributed by atoms with van der Waals surface area (Å²) in [6.45, 7) is 5.58. The Morgan fingerprint density at radius 2 is 1.96 bits per heavy atom. The highest BCUT2D eigenvalue weighted by Gasteiger charge is 2.20.